The Morgan fingerprint density at radius 3 is 2.37 bits per heavy atom. The van der Waals surface area contributed by atoms with Crippen LogP contribution in [0.4, 0.5) is 0 Å². The van der Waals surface area contributed by atoms with Gasteiger partial charge in [0.15, 0.2) is 6.10 Å². The van der Waals surface area contributed by atoms with Crippen molar-refractivity contribution in [1.82, 2.24) is 9.13 Å². The lowest BCUT2D eigenvalue weighted by molar-refractivity contribution is -0.161. The van der Waals surface area contributed by atoms with E-state index < -0.39 is 17.7 Å². The van der Waals surface area contributed by atoms with Crippen LogP contribution < -0.4 is 5.56 Å². The molecule has 2 heterocycles. The molecule has 0 spiro atoms. The van der Waals surface area contributed by atoms with Crippen molar-refractivity contribution in [3.63, 3.8) is 0 Å². The number of hydrogen-bond donors (Lipinski definition) is 1. The minimum Gasteiger partial charge on any atom is -0.479 e. The lowest BCUT2D eigenvalue weighted by Gasteiger charge is -2.28. The molecule has 1 unspecified atom stereocenters. The Kier molecular flexibility index (Phi) is 6.11. The fraction of sp³-hybridized carbons (Fsp3) is 0.391. The van der Waals surface area contributed by atoms with Crippen molar-refractivity contribution in [2.24, 2.45) is 7.05 Å². The first-order chi connectivity index (χ1) is 14.0. The molecular weight excluding hydrogens is 404 g/mol. The standard InChI is InChI=1S/C23H27ClN2O4/c1-6-12-26-13-11-16-17(14-7-9-15(24)10-8-14)19(25(5)21(27)18(16)26)20(22(28)29)30-23(2,3)4/h7-11,13,20H,6,12H2,1-5H3,(H,28,29). The molecule has 0 saturated heterocycles. The van der Waals surface area contributed by atoms with Crippen molar-refractivity contribution in [3.05, 3.63) is 57.6 Å². The zero-order valence-electron chi connectivity index (χ0n) is 17.9. The summed E-state index contributed by atoms with van der Waals surface area (Å²) in [6, 6.07) is 9.04. The zero-order valence-corrected chi connectivity index (χ0v) is 18.7. The van der Waals surface area contributed by atoms with Crippen molar-refractivity contribution in [3.8, 4) is 11.1 Å². The average molecular weight is 431 g/mol. The molecule has 160 valence electrons. The molecule has 1 aromatic carbocycles. The van der Waals surface area contributed by atoms with Crippen molar-refractivity contribution in [2.75, 3.05) is 0 Å². The molecule has 0 bridgehead atoms. The van der Waals surface area contributed by atoms with E-state index in [4.69, 9.17) is 16.3 Å². The quantitative estimate of drug-likeness (QED) is 0.596. The maximum Gasteiger partial charge on any atom is 0.339 e. The third-order valence-electron chi connectivity index (χ3n) is 4.90. The molecule has 1 atom stereocenters. The van der Waals surface area contributed by atoms with E-state index in [1.54, 1.807) is 40.0 Å². The molecule has 6 nitrogen and oxygen atoms in total. The SMILES string of the molecule is CCCn1ccc2c(-c3ccc(Cl)cc3)c(C(OC(C)(C)C)C(=O)O)n(C)c(=O)c21. The summed E-state index contributed by atoms with van der Waals surface area (Å²) < 4.78 is 9.24. The number of carboxylic acids is 1. The van der Waals surface area contributed by atoms with E-state index in [0.29, 0.717) is 33.7 Å². The minimum absolute atomic E-state index is 0.250. The molecule has 0 saturated carbocycles. The average Bonchev–Trinajstić information content (AvgIpc) is 3.07. The third-order valence-corrected chi connectivity index (χ3v) is 5.15. The van der Waals surface area contributed by atoms with Crippen molar-refractivity contribution in [2.45, 2.75) is 52.4 Å². The number of aliphatic carboxylic acids is 1. The number of aromatic nitrogens is 2. The van der Waals surface area contributed by atoms with Gasteiger partial charge in [0.05, 0.1) is 11.3 Å². The van der Waals surface area contributed by atoms with Gasteiger partial charge in [0.1, 0.15) is 5.52 Å². The summed E-state index contributed by atoms with van der Waals surface area (Å²) in [5.41, 5.74) is 1.32. The molecule has 0 aliphatic heterocycles. The highest BCUT2D eigenvalue weighted by molar-refractivity contribution is 6.30. The number of fused-ring (bicyclic) bond motifs is 1. The smallest absolute Gasteiger partial charge is 0.339 e. The fourth-order valence-corrected chi connectivity index (χ4v) is 3.84. The Morgan fingerprint density at radius 2 is 1.83 bits per heavy atom. The molecule has 1 N–H and O–H groups in total. The Morgan fingerprint density at radius 1 is 1.20 bits per heavy atom. The van der Waals surface area contributed by atoms with Crippen LogP contribution in [0.1, 0.15) is 45.9 Å². The maximum atomic E-state index is 13.3. The lowest BCUT2D eigenvalue weighted by atomic mass is 9.96. The molecule has 0 radical (unpaired) electrons. The molecule has 0 fully saturated rings. The van der Waals surface area contributed by atoms with Gasteiger partial charge in [-0.15, -0.1) is 0 Å². The Bertz CT molecular complexity index is 1140. The molecule has 0 aliphatic rings. The number of benzene rings is 1. The number of rotatable bonds is 6. The van der Waals surface area contributed by atoms with E-state index in [1.807, 2.05) is 35.9 Å². The van der Waals surface area contributed by atoms with Crippen LogP contribution in [0.3, 0.4) is 0 Å². The van der Waals surface area contributed by atoms with Gasteiger partial charge < -0.3 is 19.0 Å². The number of pyridine rings is 1. The van der Waals surface area contributed by atoms with E-state index >= 15 is 0 Å². The van der Waals surface area contributed by atoms with Gasteiger partial charge in [-0.1, -0.05) is 30.7 Å². The number of carboxylic acid groups (broad SMARTS) is 1. The predicted octanol–water partition coefficient (Wildman–Crippen LogP) is 5.01. The van der Waals surface area contributed by atoms with E-state index in [2.05, 4.69) is 0 Å². The van der Waals surface area contributed by atoms with Crippen molar-refractivity contribution < 1.29 is 14.6 Å². The number of halogens is 1. The number of ether oxygens (including phenoxy) is 1. The topological polar surface area (TPSA) is 73.5 Å². The van der Waals surface area contributed by atoms with Crippen LogP contribution in [0.15, 0.2) is 41.3 Å². The van der Waals surface area contributed by atoms with Crippen LogP contribution in [-0.4, -0.2) is 25.8 Å². The van der Waals surface area contributed by atoms with E-state index in [9.17, 15) is 14.7 Å². The molecule has 7 heteroatoms. The van der Waals surface area contributed by atoms with Gasteiger partial charge in [-0.3, -0.25) is 4.79 Å². The van der Waals surface area contributed by atoms with E-state index in [1.165, 1.54) is 4.57 Å². The molecule has 30 heavy (non-hydrogen) atoms. The summed E-state index contributed by atoms with van der Waals surface area (Å²) in [5.74, 6) is -1.15. The summed E-state index contributed by atoms with van der Waals surface area (Å²) in [6.45, 7) is 8.11. The highest BCUT2D eigenvalue weighted by atomic mass is 35.5. The number of aryl methyl sites for hydroxylation is 1. The van der Waals surface area contributed by atoms with Gasteiger partial charge in [0.2, 0.25) is 0 Å². The first kappa shape index (κ1) is 22.1. The Labute approximate surface area is 180 Å². The summed E-state index contributed by atoms with van der Waals surface area (Å²) in [4.78, 5) is 25.6. The molecule has 0 amide bonds. The van der Waals surface area contributed by atoms with Gasteiger partial charge in [0.25, 0.3) is 5.56 Å². The van der Waals surface area contributed by atoms with Crippen LogP contribution in [0.2, 0.25) is 5.02 Å². The van der Waals surface area contributed by atoms with E-state index in [0.717, 1.165) is 12.0 Å². The third kappa shape index (κ3) is 4.16. The summed E-state index contributed by atoms with van der Waals surface area (Å²) in [5, 5.41) is 11.3. The number of nitrogens with zero attached hydrogens (tertiary/aromatic N) is 2. The number of hydrogen-bond acceptors (Lipinski definition) is 3. The van der Waals surface area contributed by atoms with Gasteiger partial charge in [-0.25, -0.2) is 4.79 Å². The molecule has 3 aromatic rings. The summed E-state index contributed by atoms with van der Waals surface area (Å²) in [6.07, 6.45) is 1.43. The number of carbonyl (C=O) groups is 1. The molecule has 3 rings (SSSR count). The van der Waals surface area contributed by atoms with Gasteiger partial charge in [-0.2, -0.15) is 0 Å². The second-order valence-electron chi connectivity index (χ2n) is 8.35. The first-order valence-corrected chi connectivity index (χ1v) is 10.3. The highest BCUT2D eigenvalue weighted by Gasteiger charge is 2.33. The van der Waals surface area contributed by atoms with E-state index in [-0.39, 0.29) is 5.56 Å². The minimum atomic E-state index is -1.31. The second-order valence-corrected chi connectivity index (χ2v) is 8.79. The van der Waals surface area contributed by atoms with Gasteiger partial charge in [-0.05, 0) is 51.0 Å². The lowest BCUT2D eigenvalue weighted by Crippen LogP contribution is -2.33. The molecule has 2 aromatic heterocycles. The normalized spacial score (nSPS) is 13.0. The van der Waals surface area contributed by atoms with Crippen molar-refractivity contribution >= 4 is 28.5 Å². The molecular formula is C23H27ClN2O4. The van der Waals surface area contributed by atoms with Crippen LogP contribution in [0, 0.1) is 0 Å². The second kappa shape index (κ2) is 8.28. The van der Waals surface area contributed by atoms with Crippen LogP contribution in [0.25, 0.3) is 22.0 Å². The predicted molar refractivity (Wildman–Crippen MR) is 119 cm³/mol. The van der Waals surface area contributed by atoms with Crippen LogP contribution in [-0.2, 0) is 23.1 Å². The van der Waals surface area contributed by atoms with Crippen LogP contribution >= 0.6 is 11.6 Å². The summed E-state index contributed by atoms with van der Waals surface area (Å²) >= 11 is 6.08. The van der Waals surface area contributed by atoms with Crippen LogP contribution in [0.5, 0.6) is 0 Å². The zero-order chi connectivity index (χ0) is 22.2. The first-order valence-electron chi connectivity index (χ1n) is 9.93. The van der Waals surface area contributed by atoms with Gasteiger partial charge in [0, 0.05) is 35.8 Å². The van der Waals surface area contributed by atoms with Crippen molar-refractivity contribution in [1.29, 1.82) is 0 Å². The summed E-state index contributed by atoms with van der Waals surface area (Å²) in [7, 11) is 1.60. The monoisotopic (exact) mass is 430 g/mol. The molecule has 0 aliphatic carbocycles. The van der Waals surface area contributed by atoms with Gasteiger partial charge >= 0.3 is 5.97 Å². The highest BCUT2D eigenvalue weighted by Crippen LogP contribution is 2.37. The Balaban J connectivity index is 2.45. The Hall–Kier alpha value is -2.57. The fourth-order valence-electron chi connectivity index (χ4n) is 3.72. The maximum absolute atomic E-state index is 13.3. The largest absolute Gasteiger partial charge is 0.479 e.